The molecule has 24 heavy (non-hydrogen) atoms. The molecule has 0 spiro atoms. The lowest BCUT2D eigenvalue weighted by atomic mass is 10.0. The van der Waals surface area contributed by atoms with Gasteiger partial charge in [0.05, 0.1) is 26.1 Å². The predicted octanol–water partition coefficient (Wildman–Crippen LogP) is 2.07. The van der Waals surface area contributed by atoms with E-state index < -0.39 is 12.0 Å². The summed E-state index contributed by atoms with van der Waals surface area (Å²) in [7, 11) is 1.29. The van der Waals surface area contributed by atoms with E-state index in [2.05, 4.69) is 5.32 Å². The number of carbonyl (C=O) groups is 3. The molecule has 1 aromatic rings. The highest BCUT2D eigenvalue weighted by molar-refractivity contribution is 6.31. The Morgan fingerprint density at radius 3 is 2.75 bits per heavy atom. The fourth-order valence-corrected chi connectivity index (χ4v) is 2.96. The lowest BCUT2D eigenvalue weighted by Crippen LogP contribution is -2.44. The van der Waals surface area contributed by atoms with Gasteiger partial charge in [-0.25, -0.2) is 0 Å². The Kier molecular flexibility index (Phi) is 6.61. The Bertz CT molecular complexity index is 620. The Balaban J connectivity index is 2.07. The largest absolute Gasteiger partial charge is 0.469 e. The number of amides is 2. The van der Waals surface area contributed by atoms with E-state index in [1.54, 1.807) is 29.2 Å². The molecule has 130 valence electrons. The number of nitrogens with zero attached hydrogens (tertiary/aromatic N) is 1. The Hall–Kier alpha value is -2.08. The summed E-state index contributed by atoms with van der Waals surface area (Å²) in [5.74, 6) is -0.785. The van der Waals surface area contributed by atoms with Crippen LogP contribution in [-0.4, -0.2) is 42.9 Å². The van der Waals surface area contributed by atoms with Crippen molar-refractivity contribution in [3.8, 4) is 0 Å². The van der Waals surface area contributed by atoms with Crippen LogP contribution in [0.4, 0.5) is 0 Å². The number of hydrogen-bond donors (Lipinski definition) is 1. The first-order valence-electron chi connectivity index (χ1n) is 7.89. The molecule has 2 rings (SSSR count). The van der Waals surface area contributed by atoms with Crippen molar-refractivity contribution >= 4 is 29.4 Å². The van der Waals surface area contributed by atoms with Crippen LogP contribution in [0.25, 0.3) is 0 Å². The summed E-state index contributed by atoms with van der Waals surface area (Å²) < 4.78 is 4.69. The van der Waals surface area contributed by atoms with Gasteiger partial charge in [0, 0.05) is 18.0 Å². The van der Waals surface area contributed by atoms with E-state index in [1.807, 2.05) is 0 Å². The Labute approximate surface area is 146 Å². The van der Waals surface area contributed by atoms with Crippen LogP contribution in [0.1, 0.15) is 37.3 Å². The Morgan fingerprint density at radius 1 is 1.33 bits per heavy atom. The lowest BCUT2D eigenvalue weighted by molar-refractivity contribution is -0.142. The molecule has 1 N–H and O–H groups in total. The van der Waals surface area contributed by atoms with Crippen LogP contribution in [-0.2, 0) is 19.1 Å². The first-order chi connectivity index (χ1) is 11.5. The number of hydrogen-bond acceptors (Lipinski definition) is 4. The predicted molar refractivity (Wildman–Crippen MR) is 89.4 cm³/mol. The number of halogens is 1. The van der Waals surface area contributed by atoms with Gasteiger partial charge >= 0.3 is 5.97 Å². The normalized spacial score (nSPS) is 15.8. The van der Waals surface area contributed by atoms with Crippen LogP contribution in [0.2, 0.25) is 5.02 Å². The summed E-state index contributed by atoms with van der Waals surface area (Å²) in [4.78, 5) is 37.3. The quantitative estimate of drug-likeness (QED) is 0.795. The van der Waals surface area contributed by atoms with Crippen molar-refractivity contribution in [1.29, 1.82) is 0 Å². The molecule has 1 heterocycles. The number of rotatable bonds is 6. The van der Waals surface area contributed by atoms with E-state index >= 15 is 0 Å². The molecule has 1 atom stereocenters. The van der Waals surface area contributed by atoms with Crippen LogP contribution in [0.5, 0.6) is 0 Å². The summed E-state index contributed by atoms with van der Waals surface area (Å²) in [6, 6.07) is 6.41. The zero-order chi connectivity index (χ0) is 17.5. The molecule has 0 radical (unpaired) electrons. The fraction of sp³-hybridized carbons (Fsp3) is 0.471. The van der Waals surface area contributed by atoms with Crippen LogP contribution in [0, 0.1) is 0 Å². The molecule has 1 aliphatic rings. The number of carbonyl (C=O) groups excluding carboxylic acids is 3. The van der Waals surface area contributed by atoms with E-state index in [9.17, 15) is 14.4 Å². The Morgan fingerprint density at radius 2 is 2.08 bits per heavy atom. The van der Waals surface area contributed by atoms with E-state index in [0.29, 0.717) is 23.6 Å². The number of benzene rings is 1. The molecule has 6 nitrogen and oxygen atoms in total. The first kappa shape index (κ1) is 18.3. The molecule has 0 aliphatic carbocycles. The standard InChI is InChI=1S/C17H21ClN2O4/c1-24-17(23)10-14(12-6-2-3-7-13(12)18)19-15(21)11-20-9-5-4-8-16(20)22/h2-3,6-7,14H,4-5,8-11H2,1H3,(H,19,21). The van der Waals surface area contributed by atoms with Crippen molar-refractivity contribution in [2.45, 2.75) is 31.7 Å². The van der Waals surface area contributed by atoms with Gasteiger partial charge in [-0.15, -0.1) is 0 Å². The van der Waals surface area contributed by atoms with Crippen LogP contribution in [0.3, 0.4) is 0 Å². The molecule has 0 bridgehead atoms. The van der Waals surface area contributed by atoms with Gasteiger partial charge in [-0.2, -0.15) is 0 Å². The highest BCUT2D eigenvalue weighted by Crippen LogP contribution is 2.25. The van der Waals surface area contributed by atoms with Crippen molar-refractivity contribution in [2.75, 3.05) is 20.2 Å². The lowest BCUT2D eigenvalue weighted by Gasteiger charge is -2.27. The number of nitrogens with one attached hydrogen (secondary N) is 1. The maximum Gasteiger partial charge on any atom is 0.307 e. The zero-order valence-corrected chi connectivity index (χ0v) is 14.3. The van der Waals surface area contributed by atoms with Gasteiger partial charge in [-0.3, -0.25) is 14.4 Å². The van der Waals surface area contributed by atoms with Gasteiger partial charge < -0.3 is 15.0 Å². The van der Waals surface area contributed by atoms with Crippen molar-refractivity contribution in [1.82, 2.24) is 10.2 Å². The van der Waals surface area contributed by atoms with Crippen LogP contribution in [0.15, 0.2) is 24.3 Å². The van der Waals surface area contributed by atoms with E-state index in [4.69, 9.17) is 16.3 Å². The average Bonchev–Trinajstić information content (AvgIpc) is 2.56. The first-order valence-corrected chi connectivity index (χ1v) is 8.27. The fourth-order valence-electron chi connectivity index (χ4n) is 2.69. The summed E-state index contributed by atoms with van der Waals surface area (Å²) in [5, 5.41) is 3.25. The second-order valence-electron chi connectivity index (χ2n) is 5.69. The van der Waals surface area contributed by atoms with Gasteiger partial charge in [0.15, 0.2) is 0 Å². The summed E-state index contributed by atoms with van der Waals surface area (Å²) in [6.07, 6.45) is 2.21. The average molecular weight is 353 g/mol. The van der Waals surface area contributed by atoms with Crippen molar-refractivity contribution in [2.24, 2.45) is 0 Å². The minimum Gasteiger partial charge on any atom is -0.469 e. The number of ether oxygens (including phenoxy) is 1. The SMILES string of the molecule is COC(=O)CC(NC(=O)CN1CCCCC1=O)c1ccccc1Cl. The molecule has 7 heteroatoms. The van der Waals surface area contributed by atoms with Crippen LogP contribution >= 0.6 is 11.6 Å². The molecule has 1 aromatic carbocycles. The molecule has 0 saturated carbocycles. The van der Waals surface area contributed by atoms with E-state index in [-0.39, 0.29) is 24.8 Å². The molecule has 2 amide bonds. The highest BCUT2D eigenvalue weighted by atomic mass is 35.5. The van der Waals surface area contributed by atoms with Gasteiger partial charge in [-0.1, -0.05) is 29.8 Å². The minimum atomic E-state index is -0.599. The second-order valence-corrected chi connectivity index (χ2v) is 6.10. The van der Waals surface area contributed by atoms with Crippen LogP contribution < -0.4 is 5.32 Å². The topological polar surface area (TPSA) is 75.7 Å². The summed E-state index contributed by atoms with van der Waals surface area (Å²) in [5.41, 5.74) is 0.642. The minimum absolute atomic E-state index is 0.0129. The van der Waals surface area contributed by atoms with E-state index in [1.165, 1.54) is 7.11 Å². The maximum atomic E-state index is 12.3. The van der Waals surface area contributed by atoms with Crippen molar-refractivity contribution < 1.29 is 19.1 Å². The molecule has 0 aromatic heterocycles. The van der Waals surface area contributed by atoms with Crippen molar-refractivity contribution in [3.05, 3.63) is 34.9 Å². The molecule has 1 saturated heterocycles. The number of methoxy groups -OCH3 is 1. The summed E-state index contributed by atoms with van der Waals surface area (Å²) >= 11 is 6.18. The van der Waals surface area contributed by atoms with Gasteiger partial charge in [-0.05, 0) is 24.5 Å². The second kappa shape index (κ2) is 8.68. The third-order valence-electron chi connectivity index (χ3n) is 3.97. The van der Waals surface area contributed by atoms with E-state index in [0.717, 1.165) is 12.8 Å². The maximum absolute atomic E-state index is 12.3. The third kappa shape index (κ3) is 4.96. The van der Waals surface area contributed by atoms with Gasteiger partial charge in [0.1, 0.15) is 0 Å². The smallest absolute Gasteiger partial charge is 0.307 e. The molecular weight excluding hydrogens is 332 g/mol. The monoisotopic (exact) mass is 352 g/mol. The molecular formula is C17H21ClN2O4. The molecule has 1 fully saturated rings. The number of esters is 1. The van der Waals surface area contributed by atoms with Gasteiger partial charge in [0.2, 0.25) is 11.8 Å². The van der Waals surface area contributed by atoms with Crippen molar-refractivity contribution in [3.63, 3.8) is 0 Å². The zero-order valence-electron chi connectivity index (χ0n) is 13.6. The third-order valence-corrected chi connectivity index (χ3v) is 4.31. The highest BCUT2D eigenvalue weighted by Gasteiger charge is 2.24. The molecule has 1 unspecified atom stereocenters. The molecule has 1 aliphatic heterocycles. The number of piperidine rings is 1. The summed E-state index contributed by atoms with van der Waals surface area (Å²) in [6.45, 7) is 0.570. The number of likely N-dealkylation sites (tertiary alicyclic amines) is 1. The van der Waals surface area contributed by atoms with Gasteiger partial charge in [0.25, 0.3) is 0 Å².